The molecule has 1 N–H and O–H groups in total. The fraction of sp³-hybridized carbons (Fsp3) is 0.481. The van der Waals surface area contributed by atoms with Crippen LogP contribution in [0.2, 0.25) is 10.0 Å². The molecule has 0 aromatic heterocycles. The highest BCUT2D eigenvalue weighted by Gasteiger charge is 2.40. The SMILES string of the molecule is CN1C(=O)c2ccccc2[C@H]1C(CCN1CCC(N2CCCNC2=O)CC1)c1ccc(Cl)c(Cl)c1. The van der Waals surface area contributed by atoms with Crippen molar-refractivity contribution in [2.45, 2.75) is 43.7 Å². The molecule has 186 valence electrons. The first-order chi connectivity index (χ1) is 16.9. The third-order valence-electron chi connectivity index (χ3n) is 7.87. The van der Waals surface area contributed by atoms with Gasteiger partial charge in [-0.2, -0.15) is 0 Å². The van der Waals surface area contributed by atoms with Crippen molar-refractivity contribution in [2.75, 3.05) is 39.8 Å². The number of halogens is 2. The van der Waals surface area contributed by atoms with Gasteiger partial charge in [-0.3, -0.25) is 4.79 Å². The molecule has 3 heterocycles. The Balaban J connectivity index is 1.32. The summed E-state index contributed by atoms with van der Waals surface area (Å²) in [5.41, 5.74) is 2.96. The van der Waals surface area contributed by atoms with Crippen LogP contribution in [0.4, 0.5) is 4.79 Å². The van der Waals surface area contributed by atoms with Crippen molar-refractivity contribution in [3.05, 3.63) is 69.2 Å². The number of hydrogen-bond acceptors (Lipinski definition) is 3. The van der Waals surface area contributed by atoms with Crippen LogP contribution >= 0.6 is 23.2 Å². The Hall–Kier alpha value is -2.28. The maximum atomic E-state index is 13.0. The van der Waals surface area contributed by atoms with Crippen LogP contribution in [0.1, 0.15) is 59.1 Å². The number of amides is 3. The fourth-order valence-corrected chi connectivity index (χ4v) is 6.29. The third-order valence-corrected chi connectivity index (χ3v) is 8.61. The van der Waals surface area contributed by atoms with Crippen molar-refractivity contribution < 1.29 is 9.59 Å². The van der Waals surface area contributed by atoms with Gasteiger partial charge in [0.1, 0.15) is 0 Å². The number of likely N-dealkylation sites (tertiary alicyclic amines) is 1. The lowest BCUT2D eigenvalue weighted by Crippen LogP contribution is -2.54. The van der Waals surface area contributed by atoms with Crippen molar-refractivity contribution in [1.82, 2.24) is 20.0 Å². The average Bonchev–Trinajstić information content (AvgIpc) is 3.12. The molecule has 3 amide bonds. The molecule has 2 fully saturated rings. The molecule has 0 saturated carbocycles. The number of hydrogen-bond donors (Lipinski definition) is 1. The van der Waals surface area contributed by atoms with Crippen LogP contribution in [-0.4, -0.2) is 72.5 Å². The monoisotopic (exact) mass is 514 g/mol. The number of urea groups is 1. The summed E-state index contributed by atoms with van der Waals surface area (Å²) in [6.07, 6.45) is 3.90. The van der Waals surface area contributed by atoms with Gasteiger partial charge in [-0.25, -0.2) is 4.79 Å². The number of likely N-dealkylation sites (N-methyl/N-ethyl adjacent to an activating group) is 1. The number of nitrogens with one attached hydrogen (secondary N) is 1. The molecule has 0 bridgehead atoms. The molecule has 2 aromatic rings. The van der Waals surface area contributed by atoms with Crippen molar-refractivity contribution in [1.29, 1.82) is 0 Å². The first-order valence-electron chi connectivity index (χ1n) is 12.5. The van der Waals surface area contributed by atoms with Crippen LogP contribution in [-0.2, 0) is 0 Å². The zero-order chi connectivity index (χ0) is 24.5. The van der Waals surface area contributed by atoms with Crippen molar-refractivity contribution >= 4 is 35.1 Å². The second kappa shape index (κ2) is 10.4. The van der Waals surface area contributed by atoms with E-state index in [1.165, 1.54) is 0 Å². The molecule has 0 spiro atoms. The summed E-state index contributed by atoms with van der Waals surface area (Å²) in [5, 5.41) is 4.05. The molecule has 35 heavy (non-hydrogen) atoms. The molecule has 0 radical (unpaired) electrons. The van der Waals surface area contributed by atoms with Crippen LogP contribution in [0.25, 0.3) is 0 Å². The first kappa shape index (κ1) is 24.4. The summed E-state index contributed by atoms with van der Waals surface area (Å²) in [5.74, 6) is 0.157. The summed E-state index contributed by atoms with van der Waals surface area (Å²) in [6, 6.07) is 14.1. The molecule has 2 aromatic carbocycles. The minimum atomic E-state index is -0.0504. The molecule has 6 nitrogen and oxygen atoms in total. The van der Waals surface area contributed by atoms with Crippen LogP contribution in [0.3, 0.4) is 0 Å². The zero-order valence-corrected chi connectivity index (χ0v) is 21.6. The lowest BCUT2D eigenvalue weighted by atomic mass is 9.84. The van der Waals surface area contributed by atoms with Gasteiger partial charge in [0, 0.05) is 50.7 Å². The molecule has 3 aliphatic rings. The maximum absolute atomic E-state index is 13.0. The molecule has 2 atom stereocenters. The van der Waals surface area contributed by atoms with Crippen molar-refractivity contribution in [2.24, 2.45) is 0 Å². The maximum Gasteiger partial charge on any atom is 0.317 e. The average molecular weight is 515 g/mol. The Bertz CT molecular complexity index is 1100. The van der Waals surface area contributed by atoms with E-state index in [4.69, 9.17) is 23.2 Å². The number of carbonyl (C=O) groups is 2. The topological polar surface area (TPSA) is 55.9 Å². The van der Waals surface area contributed by atoms with Gasteiger partial charge in [0.05, 0.1) is 16.1 Å². The Labute approximate surface area is 217 Å². The van der Waals surface area contributed by atoms with E-state index in [1.807, 2.05) is 53.2 Å². The van der Waals surface area contributed by atoms with Gasteiger partial charge in [-0.15, -0.1) is 0 Å². The number of piperidine rings is 1. The molecule has 1 unspecified atom stereocenters. The smallest absolute Gasteiger partial charge is 0.317 e. The normalized spacial score (nSPS) is 22.3. The van der Waals surface area contributed by atoms with Crippen LogP contribution < -0.4 is 5.32 Å². The third kappa shape index (κ3) is 4.89. The largest absolute Gasteiger partial charge is 0.338 e. The fourth-order valence-electron chi connectivity index (χ4n) is 5.98. The van der Waals surface area contributed by atoms with Gasteiger partial charge < -0.3 is 20.0 Å². The highest BCUT2D eigenvalue weighted by molar-refractivity contribution is 6.42. The van der Waals surface area contributed by atoms with Crippen molar-refractivity contribution in [3.8, 4) is 0 Å². The van der Waals surface area contributed by atoms with Gasteiger partial charge in [0.2, 0.25) is 0 Å². The summed E-state index contributed by atoms with van der Waals surface area (Å²) >= 11 is 12.6. The summed E-state index contributed by atoms with van der Waals surface area (Å²) < 4.78 is 0. The van der Waals surface area contributed by atoms with Crippen LogP contribution in [0.5, 0.6) is 0 Å². The van der Waals surface area contributed by atoms with Gasteiger partial charge in [-0.1, -0.05) is 47.5 Å². The van der Waals surface area contributed by atoms with E-state index in [2.05, 4.69) is 16.3 Å². The van der Waals surface area contributed by atoms with E-state index >= 15 is 0 Å². The highest BCUT2D eigenvalue weighted by Crippen LogP contribution is 2.45. The first-order valence-corrected chi connectivity index (χ1v) is 13.3. The van der Waals surface area contributed by atoms with Gasteiger partial charge >= 0.3 is 6.03 Å². The van der Waals surface area contributed by atoms with E-state index < -0.39 is 0 Å². The second-order valence-corrected chi connectivity index (χ2v) is 10.7. The number of nitrogens with zero attached hydrogens (tertiary/aromatic N) is 3. The number of fused-ring (bicyclic) bond motifs is 1. The lowest BCUT2D eigenvalue weighted by Gasteiger charge is -2.40. The molecule has 8 heteroatoms. The van der Waals surface area contributed by atoms with Crippen LogP contribution in [0.15, 0.2) is 42.5 Å². The molecule has 5 rings (SSSR count). The summed E-state index contributed by atoms with van der Waals surface area (Å²) in [7, 11) is 1.90. The molecule has 3 aliphatic heterocycles. The van der Waals surface area contributed by atoms with E-state index in [0.29, 0.717) is 16.1 Å². The van der Waals surface area contributed by atoms with E-state index in [-0.39, 0.29) is 23.9 Å². The summed E-state index contributed by atoms with van der Waals surface area (Å²) in [6.45, 7) is 4.50. The second-order valence-electron chi connectivity index (χ2n) is 9.87. The predicted molar refractivity (Wildman–Crippen MR) is 139 cm³/mol. The quantitative estimate of drug-likeness (QED) is 0.578. The standard InChI is InChI=1S/C27H32Cl2N4O2/c1-31-25(21-5-2-3-6-22(21)26(31)34)20(18-7-8-23(28)24(29)17-18)11-16-32-14-9-19(10-15-32)33-13-4-12-30-27(33)35/h2-3,5-8,17,19-20,25H,4,9-16H2,1H3,(H,30,35)/t20?,25-/m1/s1. The van der Waals surface area contributed by atoms with E-state index in [1.54, 1.807) is 0 Å². The Morgan fingerprint density at radius 2 is 1.80 bits per heavy atom. The molecule has 0 aliphatic carbocycles. The van der Waals surface area contributed by atoms with Crippen molar-refractivity contribution in [3.63, 3.8) is 0 Å². The number of rotatable bonds is 6. The Morgan fingerprint density at radius 3 is 2.54 bits per heavy atom. The minimum absolute atomic E-state index is 0.0504. The molecular weight excluding hydrogens is 483 g/mol. The summed E-state index contributed by atoms with van der Waals surface area (Å²) in [4.78, 5) is 31.7. The highest BCUT2D eigenvalue weighted by atomic mass is 35.5. The number of benzene rings is 2. The predicted octanol–water partition coefficient (Wildman–Crippen LogP) is 5.17. The minimum Gasteiger partial charge on any atom is -0.338 e. The lowest BCUT2D eigenvalue weighted by molar-refractivity contribution is 0.0740. The van der Waals surface area contributed by atoms with E-state index in [9.17, 15) is 9.59 Å². The van der Waals surface area contributed by atoms with Gasteiger partial charge in [0.25, 0.3) is 5.91 Å². The molecular formula is C27H32Cl2N4O2. The number of carbonyl (C=O) groups excluding carboxylic acids is 2. The zero-order valence-electron chi connectivity index (χ0n) is 20.1. The molecule has 2 saturated heterocycles. The van der Waals surface area contributed by atoms with Gasteiger partial charge in [0.15, 0.2) is 0 Å². The van der Waals surface area contributed by atoms with E-state index in [0.717, 1.165) is 75.1 Å². The Morgan fingerprint density at radius 1 is 1.03 bits per heavy atom. The van der Waals surface area contributed by atoms with Crippen LogP contribution in [0, 0.1) is 0 Å². The Kier molecular flexibility index (Phi) is 7.24. The van der Waals surface area contributed by atoms with Gasteiger partial charge in [-0.05, 0) is 61.6 Å².